The highest BCUT2D eigenvalue weighted by Crippen LogP contribution is 2.10. The van der Waals surface area contributed by atoms with E-state index in [9.17, 15) is 4.79 Å². The standard InChI is InChI=1S/C9H12BrN3O/c1-6(2)12-9(14)13-8-4-3-7(10)5-11-8/h3-6H,1-2H3,(H2,11,12,13,14). The van der Waals surface area contributed by atoms with Gasteiger partial charge in [0.1, 0.15) is 5.82 Å². The molecule has 0 aliphatic carbocycles. The first-order valence-electron chi connectivity index (χ1n) is 4.27. The van der Waals surface area contributed by atoms with E-state index in [-0.39, 0.29) is 12.1 Å². The molecule has 1 heterocycles. The molecule has 0 aliphatic rings. The van der Waals surface area contributed by atoms with Crippen LogP contribution in [0.4, 0.5) is 10.6 Å². The highest BCUT2D eigenvalue weighted by molar-refractivity contribution is 9.10. The van der Waals surface area contributed by atoms with Gasteiger partial charge in [-0.3, -0.25) is 5.32 Å². The Labute approximate surface area is 91.2 Å². The van der Waals surface area contributed by atoms with Crippen molar-refractivity contribution in [1.29, 1.82) is 0 Å². The molecule has 1 aromatic heterocycles. The Balaban J connectivity index is 2.52. The van der Waals surface area contributed by atoms with Crippen LogP contribution in [0, 0.1) is 0 Å². The molecule has 0 saturated heterocycles. The number of rotatable bonds is 2. The van der Waals surface area contributed by atoms with Crippen LogP contribution in [0.3, 0.4) is 0 Å². The lowest BCUT2D eigenvalue weighted by atomic mass is 10.4. The summed E-state index contributed by atoms with van der Waals surface area (Å²) in [6.07, 6.45) is 1.63. The maximum Gasteiger partial charge on any atom is 0.320 e. The van der Waals surface area contributed by atoms with E-state index in [1.165, 1.54) is 0 Å². The molecule has 0 spiro atoms. The number of halogens is 1. The lowest BCUT2D eigenvalue weighted by Crippen LogP contribution is -2.34. The first-order chi connectivity index (χ1) is 6.58. The van der Waals surface area contributed by atoms with Crippen molar-refractivity contribution in [2.75, 3.05) is 5.32 Å². The van der Waals surface area contributed by atoms with Gasteiger partial charge in [0, 0.05) is 16.7 Å². The fourth-order valence-corrected chi connectivity index (χ4v) is 1.10. The summed E-state index contributed by atoms with van der Waals surface area (Å²) in [6.45, 7) is 3.79. The third-order valence-electron chi connectivity index (χ3n) is 1.39. The van der Waals surface area contributed by atoms with Gasteiger partial charge < -0.3 is 5.32 Å². The van der Waals surface area contributed by atoms with Crippen LogP contribution in [-0.2, 0) is 0 Å². The monoisotopic (exact) mass is 257 g/mol. The average molecular weight is 258 g/mol. The quantitative estimate of drug-likeness (QED) is 0.855. The van der Waals surface area contributed by atoms with E-state index >= 15 is 0 Å². The van der Waals surface area contributed by atoms with E-state index < -0.39 is 0 Å². The molecule has 0 aromatic carbocycles. The van der Waals surface area contributed by atoms with E-state index in [1.807, 2.05) is 19.9 Å². The summed E-state index contributed by atoms with van der Waals surface area (Å²) >= 11 is 3.26. The van der Waals surface area contributed by atoms with Crippen molar-refractivity contribution in [3.63, 3.8) is 0 Å². The Morgan fingerprint density at radius 2 is 2.21 bits per heavy atom. The minimum atomic E-state index is -0.241. The van der Waals surface area contributed by atoms with Crippen LogP contribution >= 0.6 is 15.9 Å². The second kappa shape index (κ2) is 4.95. The van der Waals surface area contributed by atoms with Gasteiger partial charge in [-0.05, 0) is 41.9 Å². The number of carbonyl (C=O) groups is 1. The van der Waals surface area contributed by atoms with Crippen LogP contribution in [0.1, 0.15) is 13.8 Å². The van der Waals surface area contributed by atoms with Gasteiger partial charge in [0.25, 0.3) is 0 Å². The van der Waals surface area contributed by atoms with Gasteiger partial charge in [0.2, 0.25) is 0 Å². The molecule has 0 unspecified atom stereocenters. The summed E-state index contributed by atoms with van der Waals surface area (Å²) in [4.78, 5) is 15.2. The number of nitrogens with zero attached hydrogens (tertiary/aromatic N) is 1. The molecule has 0 aliphatic heterocycles. The number of nitrogens with one attached hydrogen (secondary N) is 2. The van der Waals surface area contributed by atoms with Gasteiger partial charge in [-0.2, -0.15) is 0 Å². The molecular formula is C9H12BrN3O. The second-order valence-electron chi connectivity index (χ2n) is 3.11. The first-order valence-corrected chi connectivity index (χ1v) is 5.06. The lowest BCUT2D eigenvalue weighted by Gasteiger charge is -2.09. The van der Waals surface area contributed by atoms with Crippen LogP contribution < -0.4 is 10.6 Å². The predicted octanol–water partition coefficient (Wildman–Crippen LogP) is 2.37. The predicted molar refractivity (Wildman–Crippen MR) is 59.2 cm³/mol. The maximum atomic E-state index is 11.2. The van der Waals surface area contributed by atoms with Gasteiger partial charge >= 0.3 is 6.03 Å². The third kappa shape index (κ3) is 3.74. The van der Waals surface area contributed by atoms with E-state index in [0.29, 0.717) is 5.82 Å². The Morgan fingerprint density at radius 3 is 2.71 bits per heavy atom. The van der Waals surface area contributed by atoms with Crippen molar-refractivity contribution in [3.8, 4) is 0 Å². The molecular weight excluding hydrogens is 246 g/mol. The average Bonchev–Trinajstić information content (AvgIpc) is 2.07. The summed E-state index contributed by atoms with van der Waals surface area (Å²) in [7, 11) is 0. The molecule has 2 amide bonds. The summed E-state index contributed by atoms with van der Waals surface area (Å²) in [5.41, 5.74) is 0. The van der Waals surface area contributed by atoms with Gasteiger partial charge in [0.05, 0.1) is 0 Å². The molecule has 2 N–H and O–H groups in total. The van der Waals surface area contributed by atoms with Crippen LogP contribution in [0.5, 0.6) is 0 Å². The van der Waals surface area contributed by atoms with Crippen molar-refractivity contribution in [3.05, 3.63) is 22.8 Å². The van der Waals surface area contributed by atoms with Crippen molar-refractivity contribution in [2.45, 2.75) is 19.9 Å². The summed E-state index contributed by atoms with van der Waals surface area (Å²) in [6, 6.07) is 3.42. The zero-order valence-corrected chi connectivity index (χ0v) is 9.63. The number of hydrogen-bond acceptors (Lipinski definition) is 2. The van der Waals surface area contributed by atoms with E-state index in [1.54, 1.807) is 12.3 Å². The molecule has 0 radical (unpaired) electrons. The number of aromatic nitrogens is 1. The molecule has 0 bridgehead atoms. The third-order valence-corrected chi connectivity index (χ3v) is 1.86. The number of urea groups is 1. The molecule has 14 heavy (non-hydrogen) atoms. The van der Waals surface area contributed by atoms with Gasteiger partial charge in [0.15, 0.2) is 0 Å². The van der Waals surface area contributed by atoms with Crippen molar-refractivity contribution < 1.29 is 4.79 Å². The van der Waals surface area contributed by atoms with Crippen LogP contribution in [0.25, 0.3) is 0 Å². The second-order valence-corrected chi connectivity index (χ2v) is 4.03. The minimum absolute atomic E-state index is 0.116. The lowest BCUT2D eigenvalue weighted by molar-refractivity contribution is 0.250. The van der Waals surface area contributed by atoms with Crippen molar-refractivity contribution in [1.82, 2.24) is 10.3 Å². The van der Waals surface area contributed by atoms with Gasteiger partial charge in [-0.1, -0.05) is 0 Å². The molecule has 5 heteroatoms. The molecule has 1 rings (SSSR count). The van der Waals surface area contributed by atoms with Crippen LogP contribution in [0.15, 0.2) is 22.8 Å². The molecule has 0 fully saturated rings. The largest absolute Gasteiger partial charge is 0.336 e. The summed E-state index contributed by atoms with van der Waals surface area (Å²) in [5.74, 6) is 0.534. The molecule has 4 nitrogen and oxygen atoms in total. The SMILES string of the molecule is CC(C)NC(=O)Nc1ccc(Br)cn1. The Bertz CT molecular complexity index is 310. The van der Waals surface area contributed by atoms with Gasteiger partial charge in [-0.25, -0.2) is 9.78 Å². The summed E-state index contributed by atoms with van der Waals surface area (Å²) in [5, 5.41) is 5.32. The zero-order valence-electron chi connectivity index (χ0n) is 8.04. The molecule has 0 saturated carbocycles. The zero-order chi connectivity index (χ0) is 10.6. The number of amides is 2. The van der Waals surface area contributed by atoms with E-state index in [2.05, 4.69) is 31.5 Å². The van der Waals surface area contributed by atoms with E-state index in [4.69, 9.17) is 0 Å². The normalized spacial score (nSPS) is 10.0. The van der Waals surface area contributed by atoms with Crippen molar-refractivity contribution in [2.24, 2.45) is 0 Å². The Hall–Kier alpha value is -1.10. The number of anilines is 1. The Morgan fingerprint density at radius 1 is 1.50 bits per heavy atom. The van der Waals surface area contributed by atoms with Crippen LogP contribution in [0.2, 0.25) is 0 Å². The van der Waals surface area contributed by atoms with Gasteiger partial charge in [-0.15, -0.1) is 0 Å². The highest BCUT2D eigenvalue weighted by Gasteiger charge is 2.03. The molecule has 0 atom stereocenters. The van der Waals surface area contributed by atoms with Crippen LogP contribution in [-0.4, -0.2) is 17.1 Å². The Kier molecular flexibility index (Phi) is 3.88. The number of hydrogen-bond donors (Lipinski definition) is 2. The maximum absolute atomic E-state index is 11.2. The minimum Gasteiger partial charge on any atom is -0.336 e. The fourth-order valence-electron chi connectivity index (χ4n) is 0.864. The number of pyridine rings is 1. The fraction of sp³-hybridized carbons (Fsp3) is 0.333. The molecule has 76 valence electrons. The topological polar surface area (TPSA) is 54.0 Å². The summed E-state index contributed by atoms with van der Waals surface area (Å²) < 4.78 is 0.882. The number of carbonyl (C=O) groups excluding carboxylic acids is 1. The smallest absolute Gasteiger partial charge is 0.320 e. The first kappa shape index (κ1) is 11.0. The molecule has 1 aromatic rings. The van der Waals surface area contributed by atoms with Crippen molar-refractivity contribution >= 4 is 27.8 Å². The highest BCUT2D eigenvalue weighted by atomic mass is 79.9. The van der Waals surface area contributed by atoms with E-state index in [0.717, 1.165) is 4.47 Å².